The Hall–Kier alpha value is -1.51. The highest BCUT2D eigenvalue weighted by molar-refractivity contribution is 5.20. The number of nitrogens with one attached hydrogen (secondary N) is 1. The molecule has 1 atom stereocenters. The quantitative estimate of drug-likeness (QED) is 0.497. The van der Waals surface area contributed by atoms with Crippen molar-refractivity contribution >= 4 is 5.69 Å². The fourth-order valence-corrected chi connectivity index (χ4v) is 2.69. The van der Waals surface area contributed by atoms with E-state index in [0.717, 1.165) is 31.9 Å². The zero-order chi connectivity index (χ0) is 15.3. The van der Waals surface area contributed by atoms with Crippen LogP contribution in [0.25, 0.3) is 0 Å². The first-order chi connectivity index (χ1) is 9.98. The predicted octanol–water partition coefficient (Wildman–Crippen LogP) is 0.437. The minimum Gasteiger partial charge on any atom is -0.390 e. The average molecular weight is 298 g/mol. The van der Waals surface area contributed by atoms with Gasteiger partial charge in [0.15, 0.2) is 0 Å². The molecule has 1 saturated carbocycles. The normalized spacial score (nSPS) is 19.3. The third-order valence-electron chi connectivity index (χ3n) is 3.85. The van der Waals surface area contributed by atoms with Crippen molar-refractivity contribution in [1.29, 1.82) is 0 Å². The van der Waals surface area contributed by atoms with E-state index in [-0.39, 0.29) is 12.2 Å². The molecule has 1 aromatic rings. The van der Waals surface area contributed by atoms with Gasteiger partial charge < -0.3 is 15.5 Å². The smallest absolute Gasteiger partial charge is 0.306 e. The number of nitro groups is 1. The van der Waals surface area contributed by atoms with Crippen LogP contribution in [0.3, 0.4) is 0 Å². The highest BCUT2D eigenvalue weighted by Gasteiger charge is 2.28. The van der Waals surface area contributed by atoms with Crippen LogP contribution in [0.2, 0.25) is 0 Å². The number of aromatic nitrogens is 2. The Morgan fingerprint density at radius 1 is 1.48 bits per heavy atom. The minimum absolute atomic E-state index is 0.0910. The molecule has 0 saturated heterocycles. The van der Waals surface area contributed by atoms with Crippen molar-refractivity contribution in [3.8, 4) is 0 Å². The Labute approximate surface area is 122 Å². The Balaban J connectivity index is 1.71. The summed E-state index contributed by atoms with van der Waals surface area (Å²) in [6.07, 6.45) is 6.57. The van der Waals surface area contributed by atoms with Crippen LogP contribution in [0.4, 0.5) is 5.69 Å². The minimum atomic E-state index is -0.711. The molecule has 0 spiro atoms. The maximum atomic E-state index is 10.5. The summed E-state index contributed by atoms with van der Waals surface area (Å²) in [5.41, 5.74) is -0.755. The van der Waals surface area contributed by atoms with Gasteiger partial charge in [0, 0.05) is 13.1 Å². The van der Waals surface area contributed by atoms with E-state index in [1.807, 2.05) is 0 Å². The fraction of sp³-hybridized carbons (Fsp3) is 0.769. The Bertz CT molecular complexity index is 470. The van der Waals surface area contributed by atoms with E-state index in [9.17, 15) is 20.3 Å². The molecule has 1 heterocycles. The van der Waals surface area contributed by atoms with Crippen LogP contribution >= 0.6 is 0 Å². The van der Waals surface area contributed by atoms with Gasteiger partial charge >= 0.3 is 5.69 Å². The largest absolute Gasteiger partial charge is 0.390 e. The standard InChI is InChI=1S/C13H22N4O4/c18-12(9-16-8-11(6-15-16)17(20)21)7-14-10-13(19)4-2-1-3-5-13/h6,8,12,14,18-19H,1-5,7,9-10H2. The van der Waals surface area contributed by atoms with Crippen LogP contribution in [0, 0.1) is 10.1 Å². The molecule has 2 rings (SSSR count). The highest BCUT2D eigenvalue weighted by atomic mass is 16.6. The van der Waals surface area contributed by atoms with E-state index in [4.69, 9.17) is 0 Å². The average Bonchev–Trinajstić information content (AvgIpc) is 2.88. The number of aliphatic hydroxyl groups excluding tert-OH is 1. The van der Waals surface area contributed by atoms with Gasteiger partial charge in [-0.1, -0.05) is 19.3 Å². The Morgan fingerprint density at radius 3 is 2.81 bits per heavy atom. The summed E-state index contributed by atoms with van der Waals surface area (Å²) in [6, 6.07) is 0. The molecule has 1 unspecified atom stereocenters. The zero-order valence-electron chi connectivity index (χ0n) is 11.9. The summed E-state index contributed by atoms with van der Waals surface area (Å²) >= 11 is 0. The van der Waals surface area contributed by atoms with Gasteiger partial charge in [-0.05, 0) is 12.8 Å². The van der Waals surface area contributed by atoms with Crippen molar-refractivity contribution < 1.29 is 15.1 Å². The first-order valence-corrected chi connectivity index (χ1v) is 7.26. The SMILES string of the molecule is O=[N+]([O-])c1cnn(CC(O)CNCC2(O)CCCCC2)c1. The molecule has 0 amide bonds. The summed E-state index contributed by atoms with van der Waals surface area (Å²) in [5, 5.41) is 37.6. The molecular formula is C13H22N4O4. The molecular weight excluding hydrogens is 276 g/mol. The van der Waals surface area contributed by atoms with Crippen molar-refractivity contribution in [2.75, 3.05) is 13.1 Å². The van der Waals surface area contributed by atoms with Crippen LogP contribution in [-0.4, -0.2) is 49.7 Å². The van der Waals surface area contributed by atoms with Gasteiger partial charge in [0.2, 0.25) is 0 Å². The van der Waals surface area contributed by atoms with Gasteiger partial charge in [-0.25, -0.2) is 0 Å². The molecule has 0 aromatic carbocycles. The fourth-order valence-electron chi connectivity index (χ4n) is 2.69. The summed E-state index contributed by atoms with van der Waals surface area (Å²) in [5.74, 6) is 0. The molecule has 3 N–H and O–H groups in total. The van der Waals surface area contributed by atoms with Crippen molar-refractivity contribution in [2.24, 2.45) is 0 Å². The second kappa shape index (κ2) is 6.97. The summed E-state index contributed by atoms with van der Waals surface area (Å²) in [7, 11) is 0. The molecule has 1 fully saturated rings. The lowest BCUT2D eigenvalue weighted by Crippen LogP contribution is -2.44. The predicted molar refractivity (Wildman–Crippen MR) is 75.8 cm³/mol. The van der Waals surface area contributed by atoms with Crippen LogP contribution < -0.4 is 5.32 Å². The van der Waals surface area contributed by atoms with Crippen LogP contribution in [0.1, 0.15) is 32.1 Å². The molecule has 21 heavy (non-hydrogen) atoms. The molecule has 0 bridgehead atoms. The van der Waals surface area contributed by atoms with Gasteiger partial charge in [-0.2, -0.15) is 5.10 Å². The summed E-state index contributed by atoms with van der Waals surface area (Å²) in [4.78, 5) is 10.0. The number of hydrogen-bond acceptors (Lipinski definition) is 6. The molecule has 1 aromatic heterocycles. The third kappa shape index (κ3) is 4.76. The third-order valence-corrected chi connectivity index (χ3v) is 3.85. The molecule has 0 radical (unpaired) electrons. The van der Waals surface area contributed by atoms with E-state index in [1.165, 1.54) is 17.3 Å². The van der Waals surface area contributed by atoms with E-state index in [2.05, 4.69) is 10.4 Å². The van der Waals surface area contributed by atoms with E-state index < -0.39 is 16.6 Å². The van der Waals surface area contributed by atoms with E-state index in [1.54, 1.807) is 0 Å². The van der Waals surface area contributed by atoms with Crippen LogP contribution in [0.5, 0.6) is 0 Å². The Morgan fingerprint density at radius 2 is 2.19 bits per heavy atom. The van der Waals surface area contributed by atoms with Crippen molar-refractivity contribution in [3.05, 3.63) is 22.5 Å². The van der Waals surface area contributed by atoms with Crippen molar-refractivity contribution in [3.63, 3.8) is 0 Å². The van der Waals surface area contributed by atoms with E-state index in [0.29, 0.717) is 13.1 Å². The van der Waals surface area contributed by atoms with Crippen molar-refractivity contribution in [2.45, 2.75) is 50.4 Å². The highest BCUT2D eigenvalue weighted by Crippen LogP contribution is 2.27. The van der Waals surface area contributed by atoms with Gasteiger partial charge in [-0.3, -0.25) is 14.8 Å². The lowest BCUT2D eigenvalue weighted by Gasteiger charge is -2.32. The van der Waals surface area contributed by atoms with Gasteiger partial charge in [-0.15, -0.1) is 0 Å². The maximum absolute atomic E-state index is 10.5. The maximum Gasteiger partial charge on any atom is 0.306 e. The lowest BCUT2D eigenvalue weighted by molar-refractivity contribution is -0.385. The summed E-state index contributed by atoms with van der Waals surface area (Å²) in [6.45, 7) is 0.957. The first-order valence-electron chi connectivity index (χ1n) is 7.26. The second-order valence-corrected chi connectivity index (χ2v) is 5.75. The van der Waals surface area contributed by atoms with Gasteiger partial charge in [0.05, 0.1) is 23.2 Å². The van der Waals surface area contributed by atoms with Crippen LogP contribution in [0.15, 0.2) is 12.4 Å². The van der Waals surface area contributed by atoms with Crippen molar-refractivity contribution in [1.82, 2.24) is 15.1 Å². The molecule has 0 aliphatic heterocycles. The van der Waals surface area contributed by atoms with Gasteiger partial charge in [0.1, 0.15) is 12.4 Å². The monoisotopic (exact) mass is 298 g/mol. The number of aliphatic hydroxyl groups is 2. The molecule has 8 heteroatoms. The summed E-state index contributed by atoms with van der Waals surface area (Å²) < 4.78 is 1.35. The molecule has 118 valence electrons. The second-order valence-electron chi connectivity index (χ2n) is 5.75. The number of hydrogen-bond donors (Lipinski definition) is 3. The topological polar surface area (TPSA) is 113 Å². The van der Waals surface area contributed by atoms with Crippen LogP contribution in [-0.2, 0) is 6.54 Å². The molecule has 1 aliphatic carbocycles. The lowest BCUT2D eigenvalue weighted by atomic mass is 9.85. The number of nitrogens with zero attached hydrogens (tertiary/aromatic N) is 3. The Kier molecular flexibility index (Phi) is 5.27. The first kappa shape index (κ1) is 15.9. The van der Waals surface area contributed by atoms with E-state index >= 15 is 0 Å². The number of rotatable bonds is 7. The molecule has 8 nitrogen and oxygen atoms in total. The van der Waals surface area contributed by atoms with Gasteiger partial charge in [0.25, 0.3) is 0 Å². The molecule has 1 aliphatic rings. The zero-order valence-corrected chi connectivity index (χ0v) is 11.9.